The predicted molar refractivity (Wildman–Crippen MR) is 77.6 cm³/mol. The standard InChI is InChI=1S/C11H14ClN5O2S/c1-16(2)10-8(5-4-6-13-10)15-20(18,19)11-9(12)17(3)7-14-11/h4-7,15H,1-3H3. The second-order valence-corrected chi connectivity index (χ2v) is 6.28. The number of rotatable bonds is 4. The summed E-state index contributed by atoms with van der Waals surface area (Å²) < 4.78 is 28.5. The summed E-state index contributed by atoms with van der Waals surface area (Å²) in [5.41, 5.74) is 0.360. The molecule has 0 atom stereocenters. The van der Waals surface area contributed by atoms with Crippen LogP contribution in [0.4, 0.5) is 11.5 Å². The van der Waals surface area contributed by atoms with Crippen molar-refractivity contribution in [2.75, 3.05) is 23.7 Å². The molecule has 7 nitrogen and oxygen atoms in total. The lowest BCUT2D eigenvalue weighted by molar-refractivity contribution is 0.598. The van der Waals surface area contributed by atoms with Gasteiger partial charge >= 0.3 is 0 Å². The smallest absolute Gasteiger partial charge is 0.282 e. The number of imidazole rings is 1. The third-order valence-corrected chi connectivity index (χ3v) is 4.40. The number of hydrogen-bond donors (Lipinski definition) is 1. The molecule has 2 aromatic rings. The Kier molecular flexibility index (Phi) is 3.87. The van der Waals surface area contributed by atoms with Gasteiger partial charge in [0.05, 0.1) is 12.0 Å². The second kappa shape index (κ2) is 5.29. The summed E-state index contributed by atoms with van der Waals surface area (Å²) in [6.07, 6.45) is 2.92. The van der Waals surface area contributed by atoms with Gasteiger partial charge in [0.1, 0.15) is 5.15 Å². The highest BCUT2D eigenvalue weighted by atomic mass is 35.5. The number of nitrogens with one attached hydrogen (secondary N) is 1. The van der Waals surface area contributed by atoms with Gasteiger partial charge in [-0.25, -0.2) is 9.97 Å². The van der Waals surface area contributed by atoms with Gasteiger partial charge in [0.2, 0.25) is 5.03 Å². The lowest BCUT2D eigenvalue weighted by Gasteiger charge is -2.16. The fourth-order valence-corrected chi connectivity index (χ4v) is 3.09. The zero-order valence-corrected chi connectivity index (χ0v) is 12.8. The van der Waals surface area contributed by atoms with E-state index in [1.165, 1.54) is 10.9 Å². The van der Waals surface area contributed by atoms with E-state index in [0.717, 1.165) is 0 Å². The Bertz CT molecular complexity index is 726. The van der Waals surface area contributed by atoms with Crippen molar-refractivity contribution in [1.29, 1.82) is 0 Å². The second-order valence-electron chi connectivity index (χ2n) is 4.33. The van der Waals surface area contributed by atoms with Gasteiger partial charge < -0.3 is 9.47 Å². The monoisotopic (exact) mass is 315 g/mol. The third-order valence-electron chi connectivity index (χ3n) is 2.54. The van der Waals surface area contributed by atoms with Gasteiger partial charge in [-0.15, -0.1) is 0 Å². The first-order chi connectivity index (χ1) is 9.33. The van der Waals surface area contributed by atoms with Crippen molar-refractivity contribution < 1.29 is 8.42 Å². The Morgan fingerprint density at radius 2 is 2.05 bits per heavy atom. The molecule has 0 bridgehead atoms. The fraction of sp³-hybridized carbons (Fsp3) is 0.273. The van der Waals surface area contributed by atoms with Crippen LogP contribution in [-0.4, -0.2) is 37.0 Å². The topological polar surface area (TPSA) is 80.1 Å². The molecule has 0 unspecified atom stereocenters. The highest BCUT2D eigenvalue weighted by Gasteiger charge is 2.23. The summed E-state index contributed by atoms with van der Waals surface area (Å²) in [6, 6.07) is 3.27. The van der Waals surface area contributed by atoms with Crippen LogP contribution in [0.5, 0.6) is 0 Å². The third kappa shape index (κ3) is 2.70. The Balaban J connectivity index is 2.42. The molecule has 0 fully saturated rings. The highest BCUT2D eigenvalue weighted by molar-refractivity contribution is 7.92. The maximum absolute atomic E-state index is 12.3. The first-order valence-electron chi connectivity index (χ1n) is 5.65. The number of nitrogens with zero attached hydrogens (tertiary/aromatic N) is 4. The summed E-state index contributed by atoms with van der Waals surface area (Å²) >= 11 is 5.92. The van der Waals surface area contributed by atoms with Crippen LogP contribution in [0.3, 0.4) is 0 Å². The van der Waals surface area contributed by atoms with Crippen molar-refractivity contribution in [2.45, 2.75) is 5.03 Å². The molecule has 108 valence electrons. The lowest BCUT2D eigenvalue weighted by atomic mass is 10.4. The van der Waals surface area contributed by atoms with Crippen LogP contribution in [0.1, 0.15) is 0 Å². The van der Waals surface area contributed by atoms with E-state index in [2.05, 4.69) is 14.7 Å². The van der Waals surface area contributed by atoms with Gasteiger partial charge in [-0.3, -0.25) is 4.72 Å². The van der Waals surface area contributed by atoms with Gasteiger partial charge in [-0.05, 0) is 12.1 Å². The van der Waals surface area contributed by atoms with Crippen molar-refractivity contribution in [2.24, 2.45) is 7.05 Å². The summed E-state index contributed by atoms with van der Waals surface area (Å²) in [5, 5.41) is -0.164. The maximum Gasteiger partial charge on any atom is 0.282 e. The molecule has 2 aromatic heterocycles. The first kappa shape index (κ1) is 14.6. The van der Waals surface area contributed by atoms with E-state index in [1.54, 1.807) is 44.4 Å². The molecule has 0 aromatic carbocycles. The summed E-state index contributed by atoms with van der Waals surface area (Å²) in [5.74, 6) is 0.503. The quantitative estimate of drug-likeness (QED) is 0.921. The van der Waals surface area contributed by atoms with E-state index >= 15 is 0 Å². The van der Waals surface area contributed by atoms with Crippen LogP contribution >= 0.6 is 11.6 Å². The molecular weight excluding hydrogens is 302 g/mol. The number of aryl methyl sites for hydroxylation is 1. The molecule has 2 rings (SSSR count). The Morgan fingerprint density at radius 1 is 1.35 bits per heavy atom. The van der Waals surface area contributed by atoms with Crippen LogP contribution in [0.2, 0.25) is 5.15 Å². The molecule has 0 aliphatic carbocycles. The van der Waals surface area contributed by atoms with E-state index < -0.39 is 10.0 Å². The van der Waals surface area contributed by atoms with Crippen molar-refractivity contribution in [3.05, 3.63) is 29.8 Å². The molecule has 0 amide bonds. The Hall–Kier alpha value is -1.80. The minimum Gasteiger partial charge on any atom is -0.361 e. The average Bonchev–Trinajstić information content (AvgIpc) is 2.70. The van der Waals surface area contributed by atoms with Gasteiger partial charge in [0, 0.05) is 27.3 Å². The van der Waals surface area contributed by atoms with Gasteiger partial charge in [0.15, 0.2) is 5.82 Å². The maximum atomic E-state index is 12.3. The van der Waals surface area contributed by atoms with Crippen LogP contribution in [0, 0.1) is 0 Å². The summed E-state index contributed by atoms with van der Waals surface area (Å²) in [6.45, 7) is 0. The number of anilines is 2. The number of pyridine rings is 1. The summed E-state index contributed by atoms with van der Waals surface area (Å²) in [4.78, 5) is 9.63. The van der Waals surface area contributed by atoms with Gasteiger partial charge in [-0.2, -0.15) is 8.42 Å². The molecule has 0 saturated heterocycles. The molecule has 0 aliphatic heterocycles. The number of aromatic nitrogens is 3. The molecule has 0 aliphatic rings. The molecule has 0 spiro atoms. The first-order valence-corrected chi connectivity index (χ1v) is 7.51. The van der Waals surface area contributed by atoms with E-state index in [-0.39, 0.29) is 10.2 Å². The van der Waals surface area contributed by atoms with Crippen LogP contribution in [0.15, 0.2) is 29.7 Å². The highest BCUT2D eigenvalue weighted by Crippen LogP contribution is 2.26. The molecule has 9 heteroatoms. The lowest BCUT2D eigenvalue weighted by Crippen LogP contribution is -2.18. The predicted octanol–water partition coefficient (Wildman–Crippen LogP) is 1.34. The normalized spacial score (nSPS) is 11.4. The molecule has 0 saturated carbocycles. The molecular formula is C11H14ClN5O2S. The van der Waals surface area contributed by atoms with Crippen LogP contribution in [0.25, 0.3) is 0 Å². The van der Waals surface area contributed by atoms with Crippen LogP contribution in [-0.2, 0) is 17.1 Å². The van der Waals surface area contributed by atoms with E-state index in [4.69, 9.17) is 11.6 Å². The molecule has 20 heavy (non-hydrogen) atoms. The zero-order valence-electron chi connectivity index (χ0n) is 11.2. The van der Waals surface area contributed by atoms with E-state index in [9.17, 15) is 8.42 Å². The molecule has 1 N–H and O–H groups in total. The van der Waals surface area contributed by atoms with Crippen molar-refractivity contribution in [3.8, 4) is 0 Å². The van der Waals surface area contributed by atoms with Gasteiger partial charge in [0.25, 0.3) is 10.0 Å². The van der Waals surface area contributed by atoms with E-state index in [0.29, 0.717) is 11.5 Å². The average molecular weight is 316 g/mol. The SMILES string of the molecule is CN(C)c1ncccc1NS(=O)(=O)c1ncn(C)c1Cl. The van der Waals surface area contributed by atoms with Crippen molar-refractivity contribution >= 4 is 33.1 Å². The Labute approximate surface area is 122 Å². The minimum atomic E-state index is -3.86. The Morgan fingerprint density at radius 3 is 2.60 bits per heavy atom. The van der Waals surface area contributed by atoms with Crippen molar-refractivity contribution in [1.82, 2.24) is 14.5 Å². The summed E-state index contributed by atoms with van der Waals surface area (Å²) in [7, 11) is 1.30. The number of hydrogen-bond acceptors (Lipinski definition) is 5. The fourth-order valence-electron chi connectivity index (χ4n) is 1.60. The molecule has 0 radical (unpaired) electrons. The van der Waals surface area contributed by atoms with Crippen molar-refractivity contribution in [3.63, 3.8) is 0 Å². The van der Waals surface area contributed by atoms with E-state index in [1.807, 2.05) is 0 Å². The number of halogens is 1. The number of sulfonamides is 1. The zero-order chi connectivity index (χ0) is 14.9. The van der Waals surface area contributed by atoms with Gasteiger partial charge in [-0.1, -0.05) is 11.6 Å². The van der Waals surface area contributed by atoms with Crippen LogP contribution < -0.4 is 9.62 Å². The minimum absolute atomic E-state index is 0.0489. The largest absolute Gasteiger partial charge is 0.361 e. The molecule has 2 heterocycles.